The molecule has 0 aliphatic heterocycles. The van der Waals surface area contributed by atoms with Gasteiger partial charge in [-0.15, -0.1) is 6.58 Å². The smallest absolute Gasteiger partial charge is 0.297 e. The summed E-state index contributed by atoms with van der Waals surface area (Å²) >= 11 is 6.04. The molecular weight excluding hydrogens is 264 g/mol. The molecule has 1 heterocycles. The number of hydrogen-bond acceptors (Lipinski definition) is 2. The average molecular weight is 277 g/mol. The Morgan fingerprint density at radius 3 is 2.63 bits per heavy atom. The second kappa shape index (κ2) is 5.71. The summed E-state index contributed by atoms with van der Waals surface area (Å²) in [5, 5.41) is 0.535. The quantitative estimate of drug-likeness (QED) is 0.801. The molecule has 0 radical (unpaired) electrons. The molecule has 0 bridgehead atoms. The van der Waals surface area contributed by atoms with E-state index in [1.54, 1.807) is 24.3 Å². The zero-order valence-corrected chi connectivity index (χ0v) is 11.0. The fourth-order valence-corrected chi connectivity index (χ4v) is 1.97. The Morgan fingerprint density at radius 2 is 1.95 bits per heavy atom. The monoisotopic (exact) mass is 276 g/mol. The minimum atomic E-state index is -0.368. The van der Waals surface area contributed by atoms with Crippen molar-refractivity contribution in [2.24, 2.45) is 0 Å². The van der Waals surface area contributed by atoms with Crippen molar-refractivity contribution in [3.05, 3.63) is 80.6 Å². The third kappa shape index (κ3) is 2.85. The Labute approximate surface area is 115 Å². The van der Waals surface area contributed by atoms with E-state index in [2.05, 4.69) is 6.58 Å². The fourth-order valence-electron chi connectivity index (χ4n) is 1.78. The normalized spacial score (nSPS) is 10.4. The Morgan fingerprint density at radius 1 is 1.21 bits per heavy atom. The van der Waals surface area contributed by atoms with Crippen molar-refractivity contribution < 1.29 is 0 Å². The summed E-state index contributed by atoms with van der Waals surface area (Å²) in [5.41, 5.74) is 0.0253. The highest BCUT2D eigenvalue weighted by molar-refractivity contribution is 6.31. The van der Waals surface area contributed by atoms with E-state index in [0.29, 0.717) is 11.6 Å². The van der Waals surface area contributed by atoms with E-state index in [1.165, 1.54) is 16.8 Å². The van der Waals surface area contributed by atoms with Gasteiger partial charge in [-0.25, -0.2) is 4.79 Å². The fraction of sp³-hybridized carbons (Fsp3) is 0.143. The molecule has 19 heavy (non-hydrogen) atoms. The Bertz CT molecular complexity index is 716. The van der Waals surface area contributed by atoms with Crippen LogP contribution in [0, 0.1) is 0 Å². The highest BCUT2D eigenvalue weighted by Crippen LogP contribution is 2.14. The van der Waals surface area contributed by atoms with E-state index in [-0.39, 0.29) is 17.8 Å². The van der Waals surface area contributed by atoms with Gasteiger partial charge in [-0.2, -0.15) is 0 Å². The molecule has 1 aromatic carbocycles. The van der Waals surface area contributed by atoms with Crippen molar-refractivity contribution in [2.45, 2.75) is 13.1 Å². The molecule has 0 aliphatic rings. The molecule has 0 spiro atoms. The van der Waals surface area contributed by atoms with Gasteiger partial charge in [-0.1, -0.05) is 35.9 Å². The first kappa shape index (κ1) is 13.4. The highest BCUT2D eigenvalue weighted by atomic mass is 35.5. The molecule has 0 N–H and O–H groups in total. The standard InChI is InChI=1S/C14H13ClN2O2/c1-2-8-16-9-7-13(18)17(14(16)19)10-11-5-3-4-6-12(11)15/h2-7,9H,1,8,10H2. The number of rotatable bonds is 4. The molecule has 0 saturated heterocycles. The summed E-state index contributed by atoms with van der Waals surface area (Å²) < 4.78 is 2.58. The average Bonchev–Trinajstić information content (AvgIpc) is 2.40. The van der Waals surface area contributed by atoms with Gasteiger partial charge in [0.05, 0.1) is 6.54 Å². The lowest BCUT2D eigenvalue weighted by atomic mass is 10.2. The molecule has 0 amide bonds. The van der Waals surface area contributed by atoms with Gasteiger partial charge in [0.1, 0.15) is 0 Å². The first-order valence-electron chi connectivity index (χ1n) is 5.78. The highest BCUT2D eigenvalue weighted by Gasteiger charge is 2.07. The van der Waals surface area contributed by atoms with Crippen LogP contribution in [0.25, 0.3) is 0 Å². The molecule has 4 nitrogen and oxygen atoms in total. The van der Waals surface area contributed by atoms with Gasteiger partial charge in [-0.05, 0) is 11.6 Å². The molecule has 1 aromatic heterocycles. The maximum Gasteiger partial charge on any atom is 0.331 e. The number of nitrogens with zero attached hydrogens (tertiary/aromatic N) is 2. The Hall–Kier alpha value is -2.07. The number of allylic oxidation sites excluding steroid dienone is 1. The van der Waals surface area contributed by atoms with Gasteiger partial charge in [0, 0.05) is 23.8 Å². The number of aromatic nitrogens is 2. The van der Waals surface area contributed by atoms with Crippen LogP contribution in [0.3, 0.4) is 0 Å². The van der Waals surface area contributed by atoms with Gasteiger partial charge in [0.15, 0.2) is 0 Å². The lowest BCUT2D eigenvalue weighted by molar-refractivity contribution is 0.618. The van der Waals surface area contributed by atoms with Crippen molar-refractivity contribution >= 4 is 11.6 Å². The third-order valence-electron chi connectivity index (χ3n) is 2.75. The summed E-state index contributed by atoms with van der Waals surface area (Å²) in [6, 6.07) is 8.50. The predicted octanol–water partition coefficient (Wildman–Crippen LogP) is 1.90. The molecule has 2 aromatic rings. The molecule has 0 aliphatic carbocycles. The summed E-state index contributed by atoms with van der Waals surface area (Å²) in [6.07, 6.45) is 3.07. The van der Waals surface area contributed by atoms with Gasteiger partial charge in [0.2, 0.25) is 0 Å². The second-order valence-electron chi connectivity index (χ2n) is 4.06. The van der Waals surface area contributed by atoms with Crippen LogP contribution >= 0.6 is 11.6 Å². The van der Waals surface area contributed by atoms with Crippen LogP contribution in [0.5, 0.6) is 0 Å². The zero-order chi connectivity index (χ0) is 13.8. The van der Waals surface area contributed by atoms with E-state index in [1.807, 2.05) is 6.07 Å². The zero-order valence-electron chi connectivity index (χ0n) is 10.3. The van der Waals surface area contributed by atoms with E-state index >= 15 is 0 Å². The van der Waals surface area contributed by atoms with Crippen LogP contribution in [0.15, 0.2) is 58.8 Å². The largest absolute Gasteiger partial charge is 0.331 e. The van der Waals surface area contributed by atoms with E-state index in [4.69, 9.17) is 11.6 Å². The van der Waals surface area contributed by atoms with Crippen LogP contribution in [0.4, 0.5) is 0 Å². The van der Waals surface area contributed by atoms with Gasteiger partial charge < -0.3 is 0 Å². The number of hydrogen-bond donors (Lipinski definition) is 0. The van der Waals surface area contributed by atoms with Crippen molar-refractivity contribution in [3.8, 4) is 0 Å². The maximum absolute atomic E-state index is 12.1. The van der Waals surface area contributed by atoms with Crippen LogP contribution in [-0.4, -0.2) is 9.13 Å². The van der Waals surface area contributed by atoms with Crippen LogP contribution in [0.2, 0.25) is 5.02 Å². The van der Waals surface area contributed by atoms with E-state index < -0.39 is 0 Å². The summed E-state index contributed by atoms with van der Waals surface area (Å²) in [7, 11) is 0. The molecule has 0 saturated carbocycles. The Kier molecular flexibility index (Phi) is 4.02. The summed E-state index contributed by atoms with van der Waals surface area (Å²) in [5.74, 6) is 0. The van der Waals surface area contributed by atoms with Crippen molar-refractivity contribution in [3.63, 3.8) is 0 Å². The minimum absolute atomic E-state index is 0.162. The van der Waals surface area contributed by atoms with E-state index in [9.17, 15) is 9.59 Å². The van der Waals surface area contributed by atoms with Crippen molar-refractivity contribution in [1.82, 2.24) is 9.13 Å². The van der Waals surface area contributed by atoms with Crippen molar-refractivity contribution in [2.75, 3.05) is 0 Å². The summed E-state index contributed by atoms with van der Waals surface area (Å²) in [4.78, 5) is 23.9. The van der Waals surface area contributed by atoms with Crippen LogP contribution < -0.4 is 11.2 Å². The van der Waals surface area contributed by atoms with E-state index in [0.717, 1.165) is 10.1 Å². The lowest BCUT2D eigenvalue weighted by Crippen LogP contribution is -2.39. The molecule has 2 rings (SSSR count). The van der Waals surface area contributed by atoms with Gasteiger partial charge in [-0.3, -0.25) is 13.9 Å². The number of benzene rings is 1. The Balaban J connectivity index is 2.48. The molecule has 0 unspecified atom stereocenters. The SMILES string of the molecule is C=CCn1ccc(=O)n(Cc2ccccc2Cl)c1=O. The van der Waals surface area contributed by atoms with Crippen LogP contribution in [0.1, 0.15) is 5.56 Å². The van der Waals surface area contributed by atoms with Crippen LogP contribution in [-0.2, 0) is 13.1 Å². The topological polar surface area (TPSA) is 44.0 Å². The summed E-state index contributed by atoms with van der Waals surface area (Å²) in [6.45, 7) is 4.10. The molecular formula is C14H13ClN2O2. The lowest BCUT2D eigenvalue weighted by Gasteiger charge is -2.09. The molecule has 5 heteroatoms. The third-order valence-corrected chi connectivity index (χ3v) is 3.12. The van der Waals surface area contributed by atoms with Gasteiger partial charge in [0.25, 0.3) is 5.56 Å². The van der Waals surface area contributed by atoms with Crippen molar-refractivity contribution in [1.29, 1.82) is 0 Å². The molecule has 0 fully saturated rings. The second-order valence-corrected chi connectivity index (χ2v) is 4.46. The van der Waals surface area contributed by atoms with Gasteiger partial charge >= 0.3 is 5.69 Å². The molecule has 0 atom stereocenters. The number of halogens is 1. The first-order valence-corrected chi connectivity index (χ1v) is 6.16. The first-order chi connectivity index (χ1) is 9.13. The maximum atomic E-state index is 12.1. The predicted molar refractivity (Wildman–Crippen MR) is 75.7 cm³/mol. The molecule has 98 valence electrons. The minimum Gasteiger partial charge on any atom is -0.297 e.